The van der Waals surface area contributed by atoms with Crippen LogP contribution in [0, 0.1) is 16.7 Å². The molecular weight excluding hydrogens is 232 g/mol. The molecule has 0 aliphatic carbocycles. The fraction of sp³-hybridized carbons (Fsp3) is 0.846. The molecule has 2 atom stereocenters. The minimum atomic E-state index is -0.976. The standard InChI is InChI=1S/C13H24N2O3/c1-6-13(3,10-14)12(16)15(7-8-17-4)11(2)9-18-5/h11H,6-9H2,1-5H3. The van der Waals surface area contributed by atoms with Crippen LogP contribution in [0.25, 0.3) is 0 Å². The van der Waals surface area contributed by atoms with Crippen molar-refractivity contribution in [2.45, 2.75) is 33.2 Å². The van der Waals surface area contributed by atoms with Gasteiger partial charge in [-0.05, 0) is 20.3 Å². The summed E-state index contributed by atoms with van der Waals surface area (Å²) in [6.45, 7) is 6.79. The lowest BCUT2D eigenvalue weighted by Crippen LogP contribution is -2.49. The minimum absolute atomic E-state index is 0.0723. The molecule has 104 valence electrons. The van der Waals surface area contributed by atoms with Crippen LogP contribution in [0.3, 0.4) is 0 Å². The molecule has 0 bridgehead atoms. The van der Waals surface area contributed by atoms with Gasteiger partial charge < -0.3 is 14.4 Å². The summed E-state index contributed by atoms with van der Waals surface area (Å²) in [6.07, 6.45) is 0.492. The van der Waals surface area contributed by atoms with Crippen molar-refractivity contribution in [3.05, 3.63) is 0 Å². The summed E-state index contributed by atoms with van der Waals surface area (Å²) < 4.78 is 10.1. The third-order valence-electron chi connectivity index (χ3n) is 3.16. The van der Waals surface area contributed by atoms with Gasteiger partial charge in [0, 0.05) is 20.8 Å². The topological polar surface area (TPSA) is 62.6 Å². The summed E-state index contributed by atoms with van der Waals surface area (Å²) in [5.41, 5.74) is -0.976. The average Bonchev–Trinajstić information content (AvgIpc) is 2.38. The molecule has 0 heterocycles. The number of carbonyl (C=O) groups excluding carboxylic acids is 1. The number of hydrogen-bond acceptors (Lipinski definition) is 4. The first-order valence-electron chi connectivity index (χ1n) is 6.17. The molecule has 0 saturated heterocycles. The van der Waals surface area contributed by atoms with Gasteiger partial charge in [-0.2, -0.15) is 5.26 Å². The molecule has 18 heavy (non-hydrogen) atoms. The zero-order valence-electron chi connectivity index (χ0n) is 12.0. The summed E-state index contributed by atoms with van der Waals surface area (Å²) in [6, 6.07) is 2.04. The number of amides is 1. The van der Waals surface area contributed by atoms with Crippen LogP contribution in [-0.2, 0) is 14.3 Å². The van der Waals surface area contributed by atoms with Crippen LogP contribution in [0.1, 0.15) is 27.2 Å². The van der Waals surface area contributed by atoms with Crippen molar-refractivity contribution in [3.8, 4) is 6.07 Å². The lowest BCUT2D eigenvalue weighted by molar-refractivity contribution is -0.142. The van der Waals surface area contributed by atoms with Crippen molar-refractivity contribution in [1.82, 2.24) is 4.90 Å². The lowest BCUT2D eigenvalue weighted by Gasteiger charge is -2.33. The van der Waals surface area contributed by atoms with Gasteiger partial charge in [0.2, 0.25) is 5.91 Å². The van der Waals surface area contributed by atoms with Gasteiger partial charge in [-0.25, -0.2) is 0 Å². The Morgan fingerprint density at radius 1 is 1.44 bits per heavy atom. The van der Waals surface area contributed by atoms with Crippen molar-refractivity contribution in [3.63, 3.8) is 0 Å². The van der Waals surface area contributed by atoms with E-state index in [0.717, 1.165) is 0 Å². The van der Waals surface area contributed by atoms with E-state index in [9.17, 15) is 10.1 Å². The number of methoxy groups -OCH3 is 2. The quantitative estimate of drug-likeness (QED) is 0.659. The number of carbonyl (C=O) groups is 1. The molecule has 0 aromatic carbocycles. The molecule has 0 fully saturated rings. The first-order chi connectivity index (χ1) is 8.46. The molecule has 2 unspecified atom stereocenters. The highest BCUT2D eigenvalue weighted by atomic mass is 16.5. The van der Waals surface area contributed by atoms with Crippen LogP contribution in [0.2, 0.25) is 0 Å². The summed E-state index contributed by atoms with van der Waals surface area (Å²) in [4.78, 5) is 14.1. The van der Waals surface area contributed by atoms with E-state index in [4.69, 9.17) is 9.47 Å². The molecule has 5 nitrogen and oxygen atoms in total. The molecule has 5 heteroatoms. The summed E-state index contributed by atoms with van der Waals surface area (Å²) >= 11 is 0. The third-order valence-corrected chi connectivity index (χ3v) is 3.16. The van der Waals surface area contributed by atoms with Gasteiger partial charge >= 0.3 is 0 Å². The van der Waals surface area contributed by atoms with Crippen LogP contribution >= 0.6 is 0 Å². The molecule has 0 rings (SSSR count). The zero-order valence-corrected chi connectivity index (χ0v) is 12.0. The highest BCUT2D eigenvalue weighted by molar-refractivity contribution is 5.85. The minimum Gasteiger partial charge on any atom is -0.383 e. The van der Waals surface area contributed by atoms with E-state index in [2.05, 4.69) is 6.07 Å². The van der Waals surface area contributed by atoms with Gasteiger partial charge in [-0.3, -0.25) is 4.79 Å². The van der Waals surface area contributed by atoms with Gasteiger partial charge in [0.25, 0.3) is 0 Å². The zero-order chi connectivity index (χ0) is 14.2. The van der Waals surface area contributed by atoms with Gasteiger partial charge in [0.05, 0.1) is 25.3 Å². The van der Waals surface area contributed by atoms with Gasteiger partial charge in [-0.1, -0.05) is 6.92 Å². The smallest absolute Gasteiger partial charge is 0.243 e. The monoisotopic (exact) mass is 256 g/mol. The maximum atomic E-state index is 12.4. The molecule has 1 amide bonds. The number of ether oxygens (including phenoxy) is 2. The Morgan fingerprint density at radius 3 is 2.44 bits per heavy atom. The lowest BCUT2D eigenvalue weighted by atomic mass is 9.87. The molecule has 0 N–H and O–H groups in total. The molecule has 0 aliphatic heterocycles. The number of nitrogens with zero attached hydrogens (tertiary/aromatic N) is 2. The predicted molar refractivity (Wildman–Crippen MR) is 68.9 cm³/mol. The second-order valence-electron chi connectivity index (χ2n) is 4.59. The second-order valence-corrected chi connectivity index (χ2v) is 4.59. The predicted octanol–water partition coefficient (Wildman–Crippen LogP) is 1.44. The van der Waals surface area contributed by atoms with Crippen LogP contribution < -0.4 is 0 Å². The van der Waals surface area contributed by atoms with Crippen LogP contribution in [-0.4, -0.2) is 50.8 Å². The van der Waals surface area contributed by atoms with E-state index < -0.39 is 5.41 Å². The van der Waals surface area contributed by atoms with E-state index in [1.54, 1.807) is 26.0 Å². The third kappa shape index (κ3) is 4.28. The Bertz CT molecular complexity index is 301. The maximum absolute atomic E-state index is 12.4. The van der Waals surface area contributed by atoms with E-state index in [1.165, 1.54) is 0 Å². The molecule has 0 saturated carbocycles. The van der Waals surface area contributed by atoms with E-state index in [0.29, 0.717) is 26.2 Å². The fourth-order valence-electron chi connectivity index (χ4n) is 1.64. The number of rotatable bonds is 8. The van der Waals surface area contributed by atoms with Crippen LogP contribution in [0.4, 0.5) is 0 Å². The van der Waals surface area contributed by atoms with Crippen molar-refractivity contribution < 1.29 is 14.3 Å². The van der Waals surface area contributed by atoms with E-state index in [-0.39, 0.29) is 11.9 Å². The maximum Gasteiger partial charge on any atom is 0.243 e. The molecule has 0 spiro atoms. The first-order valence-corrected chi connectivity index (χ1v) is 6.17. The Labute approximate surface area is 110 Å². The summed E-state index contributed by atoms with van der Waals surface area (Å²) in [5.74, 6) is -0.158. The Balaban J connectivity index is 4.95. The van der Waals surface area contributed by atoms with Gasteiger partial charge in [-0.15, -0.1) is 0 Å². The van der Waals surface area contributed by atoms with Crippen LogP contribution in [0.5, 0.6) is 0 Å². The summed E-state index contributed by atoms with van der Waals surface area (Å²) in [7, 11) is 3.19. The van der Waals surface area contributed by atoms with Crippen molar-refractivity contribution in [1.29, 1.82) is 5.26 Å². The molecule has 0 aliphatic rings. The van der Waals surface area contributed by atoms with Gasteiger partial charge in [0.1, 0.15) is 5.41 Å². The molecular formula is C13H24N2O3. The highest BCUT2D eigenvalue weighted by Gasteiger charge is 2.36. The largest absolute Gasteiger partial charge is 0.383 e. The van der Waals surface area contributed by atoms with Crippen molar-refractivity contribution in [2.75, 3.05) is 34.0 Å². The fourth-order valence-corrected chi connectivity index (χ4v) is 1.64. The van der Waals surface area contributed by atoms with Crippen molar-refractivity contribution in [2.24, 2.45) is 5.41 Å². The Hall–Kier alpha value is -1.12. The average molecular weight is 256 g/mol. The second kappa shape index (κ2) is 8.06. The Kier molecular flexibility index (Phi) is 7.56. The SMILES string of the molecule is CCC(C)(C#N)C(=O)N(CCOC)C(C)COC. The molecule has 0 aromatic rings. The highest BCUT2D eigenvalue weighted by Crippen LogP contribution is 2.24. The number of hydrogen-bond donors (Lipinski definition) is 0. The van der Waals surface area contributed by atoms with E-state index in [1.807, 2.05) is 13.8 Å². The van der Waals surface area contributed by atoms with Crippen LogP contribution in [0.15, 0.2) is 0 Å². The first kappa shape index (κ1) is 16.9. The summed E-state index contributed by atoms with van der Waals surface area (Å²) in [5, 5.41) is 9.18. The van der Waals surface area contributed by atoms with Gasteiger partial charge in [0.15, 0.2) is 0 Å². The van der Waals surface area contributed by atoms with Crippen molar-refractivity contribution >= 4 is 5.91 Å². The molecule has 0 aromatic heterocycles. The number of nitriles is 1. The normalized spacial score (nSPS) is 15.6. The molecule has 0 radical (unpaired) electrons. The Morgan fingerprint density at radius 2 is 2.06 bits per heavy atom. The van der Waals surface area contributed by atoms with E-state index >= 15 is 0 Å².